The molecule has 0 unspecified atom stereocenters. The summed E-state index contributed by atoms with van der Waals surface area (Å²) in [6.07, 6.45) is -3.65. The standard InChI is InChI=1S/C25H32F3N3O3S/c1-2-29-13-6-14-35(32,33)30-16-19-10-11-20-23(17-7-4-3-5-8-17)31-22-12-9-18(25(26,27)28)15-21(22)24(20)34-19/h3-5,7-9,12,15,19-20,23-24,29-31H,2,6,10-11,13-14,16H2,1H3/t19-,20+,23+,24+/m1/s1. The summed E-state index contributed by atoms with van der Waals surface area (Å²) in [6.45, 7) is 3.46. The van der Waals surface area contributed by atoms with Crippen LogP contribution >= 0.6 is 0 Å². The SMILES string of the molecule is CCNCCCS(=O)(=O)NC[C@H]1CC[C@@H]2[C@H](O1)c1cc(C(F)(F)F)ccc1N[C@H]2c1ccccc1. The zero-order valence-corrected chi connectivity index (χ0v) is 20.5. The van der Waals surface area contributed by atoms with Crippen LogP contribution in [0.4, 0.5) is 18.9 Å². The van der Waals surface area contributed by atoms with Crippen molar-refractivity contribution in [2.75, 3.05) is 30.7 Å². The number of sulfonamides is 1. The zero-order valence-electron chi connectivity index (χ0n) is 19.6. The molecule has 4 rings (SSSR count). The van der Waals surface area contributed by atoms with Crippen molar-refractivity contribution in [1.82, 2.24) is 10.0 Å². The summed E-state index contributed by atoms with van der Waals surface area (Å²) in [5.41, 5.74) is 1.39. The van der Waals surface area contributed by atoms with Gasteiger partial charge in [0.05, 0.1) is 29.6 Å². The summed E-state index contributed by atoms with van der Waals surface area (Å²) in [7, 11) is -3.46. The molecule has 0 saturated carbocycles. The maximum atomic E-state index is 13.5. The Morgan fingerprint density at radius 3 is 2.60 bits per heavy atom. The highest BCUT2D eigenvalue weighted by Gasteiger charge is 2.43. The zero-order chi connectivity index (χ0) is 25.1. The fourth-order valence-electron chi connectivity index (χ4n) is 4.93. The maximum absolute atomic E-state index is 13.5. The Morgan fingerprint density at radius 2 is 1.89 bits per heavy atom. The van der Waals surface area contributed by atoms with E-state index in [2.05, 4.69) is 15.4 Å². The van der Waals surface area contributed by atoms with Gasteiger partial charge < -0.3 is 15.4 Å². The molecule has 0 spiro atoms. The molecule has 192 valence electrons. The molecular weight excluding hydrogens is 479 g/mol. The third-order valence-corrected chi connectivity index (χ3v) is 8.11. The first-order valence-corrected chi connectivity index (χ1v) is 13.7. The second kappa shape index (κ2) is 10.9. The molecule has 10 heteroatoms. The Labute approximate surface area is 204 Å². The second-order valence-electron chi connectivity index (χ2n) is 9.13. The average molecular weight is 512 g/mol. The number of halogens is 3. The lowest BCUT2D eigenvalue weighted by Gasteiger charge is -2.46. The van der Waals surface area contributed by atoms with Gasteiger partial charge in [-0.05, 0) is 56.1 Å². The minimum atomic E-state index is -4.46. The van der Waals surface area contributed by atoms with E-state index in [1.807, 2.05) is 37.3 Å². The first-order valence-electron chi connectivity index (χ1n) is 12.0. The molecule has 35 heavy (non-hydrogen) atoms. The Morgan fingerprint density at radius 1 is 1.11 bits per heavy atom. The van der Waals surface area contributed by atoms with Crippen LogP contribution in [0.25, 0.3) is 0 Å². The quantitative estimate of drug-likeness (QED) is 0.428. The lowest BCUT2D eigenvalue weighted by Crippen LogP contribution is -2.43. The first-order chi connectivity index (χ1) is 16.7. The van der Waals surface area contributed by atoms with Gasteiger partial charge in [-0.2, -0.15) is 13.2 Å². The van der Waals surface area contributed by atoms with E-state index in [1.54, 1.807) is 0 Å². The Hall–Kier alpha value is -2.14. The maximum Gasteiger partial charge on any atom is 0.416 e. The highest BCUT2D eigenvalue weighted by atomic mass is 32.2. The van der Waals surface area contributed by atoms with E-state index in [1.165, 1.54) is 6.07 Å². The molecule has 2 aromatic rings. The summed E-state index contributed by atoms with van der Waals surface area (Å²) in [6, 6.07) is 13.4. The molecule has 0 bridgehead atoms. The first kappa shape index (κ1) is 25.9. The number of nitrogens with one attached hydrogen (secondary N) is 3. The molecule has 4 atom stereocenters. The highest BCUT2D eigenvalue weighted by molar-refractivity contribution is 7.89. The molecular formula is C25H32F3N3O3S. The van der Waals surface area contributed by atoms with Gasteiger partial charge >= 0.3 is 6.18 Å². The van der Waals surface area contributed by atoms with Crippen LogP contribution in [0.5, 0.6) is 0 Å². The van der Waals surface area contributed by atoms with Crippen molar-refractivity contribution in [1.29, 1.82) is 0 Å². The van der Waals surface area contributed by atoms with Crippen molar-refractivity contribution in [2.45, 2.75) is 50.6 Å². The molecule has 1 fully saturated rings. The van der Waals surface area contributed by atoms with Gasteiger partial charge in [-0.3, -0.25) is 0 Å². The van der Waals surface area contributed by atoms with Gasteiger partial charge in [0, 0.05) is 23.7 Å². The summed E-state index contributed by atoms with van der Waals surface area (Å²) in [5, 5.41) is 6.53. The Kier molecular flexibility index (Phi) is 8.05. The predicted octanol–water partition coefficient (Wildman–Crippen LogP) is 4.63. The van der Waals surface area contributed by atoms with Crippen molar-refractivity contribution in [2.24, 2.45) is 5.92 Å². The van der Waals surface area contributed by atoms with Crippen molar-refractivity contribution in [3.63, 3.8) is 0 Å². The Bertz CT molecular complexity index is 1100. The van der Waals surface area contributed by atoms with Crippen LogP contribution in [0, 0.1) is 5.92 Å². The van der Waals surface area contributed by atoms with Crippen LogP contribution in [-0.2, 0) is 20.9 Å². The van der Waals surface area contributed by atoms with E-state index in [0.717, 1.165) is 24.2 Å². The third-order valence-electron chi connectivity index (χ3n) is 6.68. The number of hydrogen-bond acceptors (Lipinski definition) is 5. The van der Waals surface area contributed by atoms with Crippen LogP contribution < -0.4 is 15.4 Å². The van der Waals surface area contributed by atoms with Crippen molar-refractivity contribution >= 4 is 15.7 Å². The molecule has 3 N–H and O–H groups in total. The lowest BCUT2D eigenvalue weighted by molar-refractivity contribution is -0.138. The van der Waals surface area contributed by atoms with Crippen LogP contribution in [-0.4, -0.2) is 39.9 Å². The highest BCUT2D eigenvalue weighted by Crippen LogP contribution is 2.51. The van der Waals surface area contributed by atoms with Gasteiger partial charge in [-0.1, -0.05) is 37.3 Å². The number of ether oxygens (including phenoxy) is 1. The monoisotopic (exact) mass is 511 g/mol. The summed E-state index contributed by atoms with van der Waals surface area (Å²) in [4.78, 5) is 0. The smallest absolute Gasteiger partial charge is 0.378 e. The van der Waals surface area contributed by atoms with Gasteiger partial charge in [0.1, 0.15) is 0 Å². The number of benzene rings is 2. The van der Waals surface area contributed by atoms with E-state index in [4.69, 9.17) is 4.74 Å². The van der Waals surface area contributed by atoms with E-state index in [-0.39, 0.29) is 24.3 Å². The molecule has 1 saturated heterocycles. The van der Waals surface area contributed by atoms with Gasteiger partial charge in [-0.25, -0.2) is 13.1 Å². The van der Waals surface area contributed by atoms with Crippen LogP contribution in [0.3, 0.4) is 0 Å². The number of alkyl halides is 3. The number of anilines is 1. The van der Waals surface area contributed by atoms with Crippen molar-refractivity contribution in [3.05, 3.63) is 65.2 Å². The molecule has 2 heterocycles. The van der Waals surface area contributed by atoms with Gasteiger partial charge in [0.15, 0.2) is 0 Å². The number of rotatable bonds is 9. The fourth-order valence-corrected chi connectivity index (χ4v) is 6.04. The summed E-state index contributed by atoms with van der Waals surface area (Å²) >= 11 is 0. The second-order valence-corrected chi connectivity index (χ2v) is 11.1. The topological polar surface area (TPSA) is 79.5 Å². The van der Waals surface area contributed by atoms with Crippen molar-refractivity contribution in [3.8, 4) is 0 Å². The lowest BCUT2D eigenvalue weighted by atomic mass is 9.76. The summed E-state index contributed by atoms with van der Waals surface area (Å²) < 4.78 is 74.1. The number of fused-ring (bicyclic) bond motifs is 3. The molecule has 2 aliphatic heterocycles. The van der Waals surface area contributed by atoms with Crippen LogP contribution in [0.2, 0.25) is 0 Å². The largest absolute Gasteiger partial charge is 0.416 e. The van der Waals surface area contributed by atoms with Crippen molar-refractivity contribution < 1.29 is 26.3 Å². The van der Waals surface area contributed by atoms with Crippen LogP contribution in [0.1, 0.15) is 55.0 Å². The summed E-state index contributed by atoms with van der Waals surface area (Å²) in [5.74, 6) is -0.0716. The molecule has 2 aromatic carbocycles. The van der Waals surface area contributed by atoms with E-state index >= 15 is 0 Å². The molecule has 0 radical (unpaired) electrons. The van der Waals surface area contributed by atoms with E-state index in [0.29, 0.717) is 37.1 Å². The minimum Gasteiger partial charge on any atom is -0.378 e. The fraction of sp³-hybridized carbons (Fsp3) is 0.520. The number of hydrogen-bond donors (Lipinski definition) is 3. The predicted molar refractivity (Wildman–Crippen MR) is 130 cm³/mol. The van der Waals surface area contributed by atoms with Gasteiger partial charge in [-0.15, -0.1) is 0 Å². The third kappa shape index (κ3) is 6.35. The van der Waals surface area contributed by atoms with E-state index < -0.39 is 34.0 Å². The van der Waals surface area contributed by atoms with E-state index in [9.17, 15) is 21.6 Å². The van der Waals surface area contributed by atoms with Crippen LogP contribution in [0.15, 0.2) is 48.5 Å². The molecule has 0 amide bonds. The molecule has 0 aliphatic carbocycles. The molecule has 6 nitrogen and oxygen atoms in total. The molecule has 0 aromatic heterocycles. The molecule has 2 aliphatic rings. The Balaban J connectivity index is 1.53. The van der Waals surface area contributed by atoms with Gasteiger partial charge in [0.25, 0.3) is 0 Å². The van der Waals surface area contributed by atoms with Gasteiger partial charge in [0.2, 0.25) is 10.0 Å². The normalized spacial score (nSPS) is 24.3. The average Bonchev–Trinajstić information content (AvgIpc) is 2.84. The minimum absolute atomic E-state index is 0.0105.